The highest BCUT2D eigenvalue weighted by Crippen LogP contribution is 2.30. The van der Waals surface area contributed by atoms with Crippen LogP contribution < -0.4 is 5.73 Å². The second-order valence-corrected chi connectivity index (χ2v) is 6.79. The molecule has 2 unspecified atom stereocenters. The molecule has 1 aromatic carbocycles. The summed E-state index contributed by atoms with van der Waals surface area (Å²) in [7, 11) is 2.19. The Morgan fingerprint density at radius 1 is 1.19 bits per heavy atom. The van der Waals surface area contributed by atoms with Gasteiger partial charge in [-0.1, -0.05) is 30.3 Å². The third-order valence-electron chi connectivity index (χ3n) is 3.96. The summed E-state index contributed by atoms with van der Waals surface area (Å²) in [6.07, 6.45) is 2.29. The molecule has 0 fully saturated rings. The van der Waals surface area contributed by atoms with Gasteiger partial charge in [-0.05, 0) is 62.9 Å². The van der Waals surface area contributed by atoms with Gasteiger partial charge in [0.05, 0.1) is 6.04 Å². The lowest BCUT2D eigenvalue weighted by Gasteiger charge is -2.31. The summed E-state index contributed by atoms with van der Waals surface area (Å²) >= 11 is 1.82. The van der Waals surface area contributed by atoms with Crippen molar-refractivity contribution in [2.24, 2.45) is 5.73 Å². The summed E-state index contributed by atoms with van der Waals surface area (Å²) in [5, 5.41) is 2.16. The Kier molecular flexibility index (Phi) is 5.97. The Morgan fingerprint density at radius 3 is 2.48 bits per heavy atom. The van der Waals surface area contributed by atoms with E-state index in [0.717, 1.165) is 19.4 Å². The van der Waals surface area contributed by atoms with Gasteiger partial charge in [-0.15, -0.1) is 11.3 Å². The molecule has 1 aromatic heterocycles. The van der Waals surface area contributed by atoms with E-state index in [1.807, 2.05) is 11.3 Å². The minimum atomic E-state index is 0.143. The Bertz CT molecular complexity index is 533. The maximum atomic E-state index is 6.25. The molecule has 0 bridgehead atoms. The fourth-order valence-corrected chi connectivity index (χ4v) is 4.05. The highest BCUT2D eigenvalue weighted by Gasteiger charge is 2.23. The summed E-state index contributed by atoms with van der Waals surface area (Å²) in [4.78, 5) is 3.82. The molecule has 0 aliphatic heterocycles. The minimum Gasteiger partial charge on any atom is -0.326 e. The fourth-order valence-electron chi connectivity index (χ4n) is 2.84. The van der Waals surface area contributed by atoms with Gasteiger partial charge in [0.2, 0.25) is 0 Å². The summed E-state index contributed by atoms with van der Waals surface area (Å²) in [5.74, 6) is 0. The van der Waals surface area contributed by atoms with Gasteiger partial charge >= 0.3 is 0 Å². The molecule has 0 saturated carbocycles. The predicted octanol–water partition coefficient (Wildman–Crippen LogP) is 4.01. The van der Waals surface area contributed by atoms with Crippen LogP contribution in [0.4, 0.5) is 0 Å². The smallest absolute Gasteiger partial charge is 0.0590 e. The molecule has 21 heavy (non-hydrogen) atoms. The van der Waals surface area contributed by atoms with Crippen molar-refractivity contribution in [1.82, 2.24) is 4.90 Å². The molecule has 0 radical (unpaired) electrons. The topological polar surface area (TPSA) is 29.3 Å². The number of nitrogens with two attached hydrogens (primary N) is 1. The van der Waals surface area contributed by atoms with Gasteiger partial charge in [-0.25, -0.2) is 0 Å². The van der Waals surface area contributed by atoms with E-state index in [1.165, 1.54) is 16.0 Å². The normalized spacial score (nSPS) is 14.3. The monoisotopic (exact) mass is 302 g/mol. The van der Waals surface area contributed by atoms with Crippen molar-refractivity contribution < 1.29 is 0 Å². The molecule has 0 aliphatic rings. The Morgan fingerprint density at radius 2 is 1.90 bits per heavy atom. The molecule has 1 heterocycles. The first-order chi connectivity index (χ1) is 10.1. The average molecular weight is 302 g/mol. The van der Waals surface area contributed by atoms with Crippen LogP contribution in [-0.4, -0.2) is 24.5 Å². The number of likely N-dealkylation sites (N-methyl/N-ethyl adjacent to an activating group) is 1. The molecule has 3 heteroatoms. The summed E-state index contributed by atoms with van der Waals surface area (Å²) in [6, 6.07) is 13.3. The van der Waals surface area contributed by atoms with Crippen LogP contribution in [-0.2, 0) is 6.42 Å². The van der Waals surface area contributed by atoms with E-state index in [-0.39, 0.29) is 6.04 Å². The van der Waals surface area contributed by atoms with E-state index in [2.05, 4.69) is 67.6 Å². The van der Waals surface area contributed by atoms with Crippen LogP contribution >= 0.6 is 11.3 Å². The molecule has 2 aromatic rings. The minimum absolute atomic E-state index is 0.143. The van der Waals surface area contributed by atoms with Crippen molar-refractivity contribution in [3.8, 4) is 0 Å². The third kappa shape index (κ3) is 4.40. The van der Waals surface area contributed by atoms with E-state index < -0.39 is 0 Å². The van der Waals surface area contributed by atoms with Crippen LogP contribution in [0.2, 0.25) is 0 Å². The van der Waals surface area contributed by atoms with Gasteiger partial charge in [0.1, 0.15) is 0 Å². The molecule has 2 rings (SSSR count). The van der Waals surface area contributed by atoms with Crippen molar-refractivity contribution >= 4 is 11.3 Å². The maximum absolute atomic E-state index is 6.25. The van der Waals surface area contributed by atoms with Crippen LogP contribution in [0.25, 0.3) is 0 Å². The fraction of sp³-hybridized carbons (Fsp3) is 0.444. The Balaban J connectivity index is 1.94. The second kappa shape index (κ2) is 7.74. The highest BCUT2D eigenvalue weighted by atomic mass is 32.1. The van der Waals surface area contributed by atoms with Gasteiger partial charge in [0, 0.05) is 10.9 Å². The van der Waals surface area contributed by atoms with E-state index in [4.69, 9.17) is 5.73 Å². The lowest BCUT2D eigenvalue weighted by Crippen LogP contribution is -2.37. The number of aryl methyl sites for hydroxylation is 2. The first-order valence-corrected chi connectivity index (χ1v) is 8.51. The van der Waals surface area contributed by atoms with Crippen molar-refractivity contribution in [1.29, 1.82) is 0 Å². The molecule has 0 amide bonds. The largest absolute Gasteiger partial charge is 0.326 e. The van der Waals surface area contributed by atoms with Crippen LogP contribution in [0.3, 0.4) is 0 Å². The van der Waals surface area contributed by atoms with Crippen LogP contribution in [0.15, 0.2) is 41.8 Å². The number of nitrogens with zero attached hydrogens (tertiary/aromatic N) is 1. The van der Waals surface area contributed by atoms with E-state index in [1.54, 1.807) is 0 Å². The third-order valence-corrected chi connectivity index (χ3v) is 5.05. The summed E-state index contributed by atoms with van der Waals surface area (Å²) < 4.78 is 0. The van der Waals surface area contributed by atoms with Gasteiger partial charge in [-0.3, -0.25) is 4.90 Å². The number of hydrogen-bond acceptors (Lipinski definition) is 3. The SMILES string of the molecule is Cc1ccsc1C(C(C)N)N(C)CCCc1ccccc1. The Hall–Kier alpha value is -1.16. The molecule has 114 valence electrons. The van der Waals surface area contributed by atoms with Crippen molar-refractivity contribution in [2.75, 3.05) is 13.6 Å². The maximum Gasteiger partial charge on any atom is 0.0590 e. The van der Waals surface area contributed by atoms with Gasteiger partial charge < -0.3 is 5.73 Å². The van der Waals surface area contributed by atoms with Gasteiger partial charge in [-0.2, -0.15) is 0 Å². The lowest BCUT2D eigenvalue weighted by molar-refractivity contribution is 0.219. The average Bonchev–Trinajstić information content (AvgIpc) is 2.86. The zero-order valence-electron chi connectivity index (χ0n) is 13.3. The molecule has 2 nitrogen and oxygen atoms in total. The molecule has 2 N–H and O–H groups in total. The molecule has 0 saturated heterocycles. The quantitative estimate of drug-likeness (QED) is 0.837. The van der Waals surface area contributed by atoms with E-state index >= 15 is 0 Å². The highest BCUT2D eigenvalue weighted by molar-refractivity contribution is 7.10. The van der Waals surface area contributed by atoms with Gasteiger partial charge in [0.15, 0.2) is 0 Å². The number of hydrogen-bond donors (Lipinski definition) is 1. The first kappa shape index (κ1) is 16.2. The zero-order valence-corrected chi connectivity index (χ0v) is 14.1. The van der Waals surface area contributed by atoms with Crippen molar-refractivity contribution in [3.63, 3.8) is 0 Å². The standard InChI is InChI=1S/C18H26N2S/c1-14-11-13-21-18(14)17(15(2)19)20(3)12-7-10-16-8-5-4-6-9-16/h4-6,8-9,11,13,15,17H,7,10,12,19H2,1-3H3. The van der Waals surface area contributed by atoms with Crippen LogP contribution in [0.1, 0.15) is 35.4 Å². The lowest BCUT2D eigenvalue weighted by atomic mass is 10.0. The molecule has 0 aliphatic carbocycles. The second-order valence-electron chi connectivity index (χ2n) is 5.84. The van der Waals surface area contributed by atoms with E-state index in [0.29, 0.717) is 6.04 Å². The molecule has 2 atom stereocenters. The predicted molar refractivity (Wildman–Crippen MR) is 92.8 cm³/mol. The van der Waals surface area contributed by atoms with Crippen molar-refractivity contribution in [2.45, 2.75) is 38.8 Å². The zero-order chi connectivity index (χ0) is 15.2. The first-order valence-electron chi connectivity index (χ1n) is 7.63. The van der Waals surface area contributed by atoms with E-state index in [9.17, 15) is 0 Å². The summed E-state index contributed by atoms with van der Waals surface area (Å²) in [5.41, 5.74) is 9.02. The number of thiophene rings is 1. The molecule has 0 spiro atoms. The summed E-state index contributed by atoms with van der Waals surface area (Å²) in [6.45, 7) is 5.36. The van der Waals surface area contributed by atoms with Crippen LogP contribution in [0.5, 0.6) is 0 Å². The van der Waals surface area contributed by atoms with Gasteiger partial charge in [0.25, 0.3) is 0 Å². The molecular formula is C18H26N2S. The Labute approximate surface area is 132 Å². The van der Waals surface area contributed by atoms with Crippen LogP contribution in [0, 0.1) is 6.92 Å². The number of benzene rings is 1. The van der Waals surface area contributed by atoms with Crippen molar-refractivity contribution in [3.05, 3.63) is 57.8 Å². The number of rotatable bonds is 7. The molecular weight excluding hydrogens is 276 g/mol.